The molecule has 0 saturated carbocycles. The van der Waals surface area contributed by atoms with Crippen LogP contribution in [0.15, 0.2) is 60.8 Å². The summed E-state index contributed by atoms with van der Waals surface area (Å²) >= 11 is 6.41. The second-order valence-electron chi connectivity index (χ2n) is 7.15. The van der Waals surface area contributed by atoms with E-state index in [2.05, 4.69) is 46.1 Å². The molecule has 32 heavy (non-hydrogen) atoms. The van der Waals surface area contributed by atoms with Gasteiger partial charge < -0.3 is 14.5 Å². The number of aromatic nitrogens is 3. The maximum absolute atomic E-state index is 13.1. The number of benzene rings is 2. The molecule has 1 N–H and O–H groups in total. The summed E-state index contributed by atoms with van der Waals surface area (Å²) < 4.78 is 24.8. The number of aromatic amines is 1. The smallest absolute Gasteiger partial charge is 0.212 e. The number of nitrogens with zero attached hydrogens (tertiary/aromatic N) is 2. The van der Waals surface area contributed by atoms with Gasteiger partial charge in [0.25, 0.3) is 0 Å². The normalized spacial score (nSPS) is 11.5. The van der Waals surface area contributed by atoms with Crippen LogP contribution < -0.4 is 9.47 Å². The number of ether oxygens (including phenoxy) is 2. The van der Waals surface area contributed by atoms with E-state index < -0.39 is 5.95 Å². The van der Waals surface area contributed by atoms with Gasteiger partial charge in [0.2, 0.25) is 5.95 Å². The number of H-pyrrole nitrogens is 1. The van der Waals surface area contributed by atoms with Crippen molar-refractivity contribution < 1.29 is 13.9 Å². The first-order valence-electron chi connectivity index (χ1n) is 9.73. The Labute approximate surface area is 198 Å². The standard InChI is InChI=1S/C24H21ClFN3O2.H2S/c1-14-4-6-16(7-5-14)15(2)31-18-9-10-19(20(12-18)30-3)22-23(25)29-24(28-22)17-8-11-21(26)27-13-17;/h4-13,15H,1-3H3,(H,28,29);1H2/t15-;/m0./s1. The fourth-order valence-corrected chi connectivity index (χ4v) is 3.47. The van der Waals surface area contributed by atoms with Crippen LogP contribution in [0, 0.1) is 12.9 Å². The van der Waals surface area contributed by atoms with E-state index in [0.29, 0.717) is 39.3 Å². The Kier molecular flexibility index (Phi) is 7.43. The minimum absolute atomic E-state index is 0. The van der Waals surface area contributed by atoms with Crippen LogP contribution in [0.1, 0.15) is 24.2 Å². The van der Waals surface area contributed by atoms with Gasteiger partial charge in [0.05, 0.1) is 7.11 Å². The van der Waals surface area contributed by atoms with Crippen LogP contribution in [-0.4, -0.2) is 22.1 Å². The molecule has 0 amide bonds. The first-order chi connectivity index (χ1) is 14.9. The molecule has 8 heteroatoms. The summed E-state index contributed by atoms with van der Waals surface area (Å²) in [5.74, 6) is 1.18. The zero-order valence-electron chi connectivity index (χ0n) is 17.8. The van der Waals surface area contributed by atoms with Crippen LogP contribution in [-0.2, 0) is 0 Å². The zero-order valence-corrected chi connectivity index (χ0v) is 19.6. The molecule has 0 fully saturated rings. The van der Waals surface area contributed by atoms with Crippen molar-refractivity contribution in [3.8, 4) is 34.1 Å². The molecule has 0 spiro atoms. The van der Waals surface area contributed by atoms with E-state index >= 15 is 0 Å². The van der Waals surface area contributed by atoms with Gasteiger partial charge in [-0.15, -0.1) is 0 Å². The second-order valence-corrected chi connectivity index (χ2v) is 7.53. The average molecular weight is 472 g/mol. The summed E-state index contributed by atoms with van der Waals surface area (Å²) in [6.45, 7) is 4.05. The molecule has 0 radical (unpaired) electrons. The van der Waals surface area contributed by atoms with Crippen LogP contribution in [0.2, 0.25) is 5.15 Å². The van der Waals surface area contributed by atoms with E-state index in [0.717, 1.165) is 5.56 Å². The first-order valence-corrected chi connectivity index (χ1v) is 10.1. The molecule has 0 aliphatic rings. The Hall–Kier alpha value is -3.03. The highest BCUT2D eigenvalue weighted by atomic mass is 35.5. The number of hydrogen-bond donors (Lipinski definition) is 1. The monoisotopic (exact) mass is 471 g/mol. The Morgan fingerprint density at radius 3 is 2.47 bits per heavy atom. The molecule has 0 aliphatic heterocycles. The zero-order chi connectivity index (χ0) is 22.0. The maximum atomic E-state index is 13.1. The summed E-state index contributed by atoms with van der Waals surface area (Å²) in [5, 5.41) is 0.347. The molecule has 0 bridgehead atoms. The number of halogens is 2. The maximum Gasteiger partial charge on any atom is 0.212 e. The van der Waals surface area contributed by atoms with E-state index in [9.17, 15) is 4.39 Å². The van der Waals surface area contributed by atoms with E-state index in [-0.39, 0.29) is 19.6 Å². The van der Waals surface area contributed by atoms with Gasteiger partial charge in [0.1, 0.15) is 34.3 Å². The number of hydrogen-bond acceptors (Lipinski definition) is 4. The predicted molar refractivity (Wildman–Crippen MR) is 129 cm³/mol. The molecular weight excluding hydrogens is 449 g/mol. The number of imidazole rings is 1. The summed E-state index contributed by atoms with van der Waals surface area (Å²) in [6, 6.07) is 16.6. The fourth-order valence-electron chi connectivity index (χ4n) is 3.23. The van der Waals surface area contributed by atoms with Gasteiger partial charge in [-0.3, -0.25) is 0 Å². The van der Waals surface area contributed by atoms with Crippen molar-refractivity contribution in [3.63, 3.8) is 0 Å². The van der Waals surface area contributed by atoms with Crippen molar-refractivity contribution in [2.24, 2.45) is 0 Å². The molecule has 4 aromatic rings. The summed E-state index contributed by atoms with van der Waals surface area (Å²) in [5.41, 5.74) is 4.15. The molecule has 0 saturated heterocycles. The fraction of sp³-hybridized carbons (Fsp3) is 0.167. The van der Waals surface area contributed by atoms with Gasteiger partial charge in [0.15, 0.2) is 0 Å². The Bertz CT molecular complexity index is 1200. The Morgan fingerprint density at radius 2 is 1.81 bits per heavy atom. The minimum Gasteiger partial charge on any atom is -0.496 e. The van der Waals surface area contributed by atoms with Gasteiger partial charge in [0, 0.05) is 23.4 Å². The Morgan fingerprint density at radius 1 is 1.06 bits per heavy atom. The van der Waals surface area contributed by atoms with E-state index in [1.807, 2.05) is 25.1 Å². The molecule has 5 nitrogen and oxygen atoms in total. The predicted octanol–water partition coefficient (Wildman–Crippen LogP) is 6.50. The summed E-state index contributed by atoms with van der Waals surface area (Å²) in [4.78, 5) is 11.2. The van der Waals surface area contributed by atoms with Crippen molar-refractivity contribution >= 4 is 25.1 Å². The third-order valence-electron chi connectivity index (χ3n) is 4.95. The number of aryl methyl sites for hydroxylation is 1. The molecule has 1 atom stereocenters. The lowest BCUT2D eigenvalue weighted by Gasteiger charge is -2.17. The van der Waals surface area contributed by atoms with Gasteiger partial charge >= 0.3 is 0 Å². The molecule has 0 unspecified atom stereocenters. The number of nitrogens with one attached hydrogen (secondary N) is 1. The lowest BCUT2D eigenvalue weighted by Crippen LogP contribution is -2.03. The SMILES string of the molecule is COc1cc(O[C@@H](C)c2ccc(C)cc2)ccc1-c1nc(-c2ccc(F)nc2)[nH]c1Cl.S. The van der Waals surface area contributed by atoms with Crippen LogP contribution in [0.3, 0.4) is 0 Å². The molecular formula is C24H23ClFN3O2S. The highest BCUT2D eigenvalue weighted by molar-refractivity contribution is 7.59. The van der Waals surface area contributed by atoms with Crippen LogP contribution in [0.4, 0.5) is 4.39 Å². The molecule has 0 aliphatic carbocycles. The quantitative estimate of drug-likeness (QED) is 0.326. The Balaban J connectivity index is 0.00000289. The molecule has 2 aromatic heterocycles. The highest BCUT2D eigenvalue weighted by Gasteiger charge is 2.18. The van der Waals surface area contributed by atoms with E-state index in [1.165, 1.54) is 17.8 Å². The van der Waals surface area contributed by atoms with Crippen LogP contribution in [0.5, 0.6) is 11.5 Å². The van der Waals surface area contributed by atoms with Crippen LogP contribution in [0.25, 0.3) is 22.6 Å². The molecule has 2 aromatic carbocycles. The van der Waals surface area contributed by atoms with Crippen molar-refractivity contribution in [2.75, 3.05) is 7.11 Å². The summed E-state index contributed by atoms with van der Waals surface area (Å²) in [6.07, 6.45) is 1.28. The average Bonchev–Trinajstić information content (AvgIpc) is 3.16. The molecule has 2 heterocycles. The largest absolute Gasteiger partial charge is 0.496 e. The molecule has 4 rings (SSSR count). The minimum atomic E-state index is -0.557. The van der Waals surface area contributed by atoms with Crippen molar-refractivity contribution in [2.45, 2.75) is 20.0 Å². The number of rotatable bonds is 6. The van der Waals surface area contributed by atoms with E-state index in [4.69, 9.17) is 21.1 Å². The summed E-state index contributed by atoms with van der Waals surface area (Å²) in [7, 11) is 1.58. The lowest BCUT2D eigenvalue weighted by molar-refractivity contribution is 0.226. The third-order valence-corrected chi connectivity index (χ3v) is 5.22. The number of pyridine rings is 1. The second kappa shape index (κ2) is 10.1. The van der Waals surface area contributed by atoms with Gasteiger partial charge in [-0.2, -0.15) is 17.9 Å². The van der Waals surface area contributed by atoms with Crippen molar-refractivity contribution in [3.05, 3.63) is 83.0 Å². The van der Waals surface area contributed by atoms with Crippen molar-refractivity contribution in [1.82, 2.24) is 15.0 Å². The number of methoxy groups -OCH3 is 1. The van der Waals surface area contributed by atoms with Gasteiger partial charge in [-0.05, 0) is 43.7 Å². The first kappa shape index (κ1) is 23.6. The lowest BCUT2D eigenvalue weighted by atomic mass is 10.1. The molecule has 166 valence electrons. The highest BCUT2D eigenvalue weighted by Crippen LogP contribution is 2.38. The van der Waals surface area contributed by atoms with Gasteiger partial charge in [-0.25, -0.2) is 9.97 Å². The van der Waals surface area contributed by atoms with Crippen LogP contribution >= 0.6 is 25.1 Å². The van der Waals surface area contributed by atoms with E-state index in [1.54, 1.807) is 13.2 Å². The third kappa shape index (κ3) is 5.06. The van der Waals surface area contributed by atoms with Gasteiger partial charge in [-0.1, -0.05) is 41.4 Å². The van der Waals surface area contributed by atoms with Crippen molar-refractivity contribution in [1.29, 1.82) is 0 Å². The topological polar surface area (TPSA) is 60.0 Å².